The Morgan fingerprint density at radius 3 is 2.83 bits per heavy atom. The predicted molar refractivity (Wildman–Crippen MR) is 92.1 cm³/mol. The number of para-hydroxylation sites is 1. The quantitative estimate of drug-likeness (QED) is 0.844. The number of amides is 2. The molecule has 2 amide bonds. The molecule has 1 aliphatic rings. The number of hydrogen-bond donors (Lipinski definition) is 2. The first-order valence-electron chi connectivity index (χ1n) is 7.91. The maximum atomic E-state index is 11.9. The van der Waals surface area contributed by atoms with E-state index in [0.29, 0.717) is 23.2 Å². The highest BCUT2D eigenvalue weighted by atomic mass is 35.5. The Balaban J connectivity index is 1.48. The van der Waals surface area contributed by atoms with E-state index in [-0.39, 0.29) is 24.2 Å². The minimum Gasteiger partial charge on any atom is -0.355 e. The maximum Gasteiger partial charge on any atom is 0.226 e. The van der Waals surface area contributed by atoms with E-state index in [2.05, 4.69) is 15.7 Å². The fraction of sp³-hybridized carbons (Fsp3) is 0.353. The molecular weight excluding hydrogens is 328 g/mol. The molecule has 6 nitrogen and oxygen atoms in total. The van der Waals surface area contributed by atoms with Crippen molar-refractivity contribution in [2.24, 2.45) is 11.8 Å². The van der Waals surface area contributed by atoms with Crippen LogP contribution in [0, 0.1) is 11.8 Å². The van der Waals surface area contributed by atoms with Gasteiger partial charge in [-0.15, -0.1) is 0 Å². The van der Waals surface area contributed by atoms with Crippen LogP contribution in [0.2, 0.25) is 5.02 Å². The Morgan fingerprint density at radius 2 is 2.12 bits per heavy atom. The van der Waals surface area contributed by atoms with E-state index < -0.39 is 0 Å². The second-order valence-electron chi connectivity index (χ2n) is 6.03. The zero-order valence-electron chi connectivity index (χ0n) is 13.3. The van der Waals surface area contributed by atoms with Gasteiger partial charge >= 0.3 is 0 Å². The molecule has 1 aromatic heterocycles. The van der Waals surface area contributed by atoms with Gasteiger partial charge in [0.25, 0.3) is 0 Å². The average molecular weight is 347 g/mol. The van der Waals surface area contributed by atoms with Crippen LogP contribution in [0.25, 0.3) is 5.69 Å². The molecule has 0 saturated heterocycles. The first-order chi connectivity index (χ1) is 11.5. The van der Waals surface area contributed by atoms with E-state index in [1.54, 1.807) is 23.1 Å². The van der Waals surface area contributed by atoms with Crippen LogP contribution in [0.5, 0.6) is 0 Å². The van der Waals surface area contributed by atoms with Crippen LogP contribution in [0.4, 0.5) is 5.69 Å². The van der Waals surface area contributed by atoms with Crippen LogP contribution < -0.4 is 10.6 Å². The maximum absolute atomic E-state index is 11.9. The van der Waals surface area contributed by atoms with Crippen molar-refractivity contribution in [2.45, 2.75) is 19.8 Å². The molecular formula is C17H19ClN4O2. The number of aromatic nitrogens is 2. The van der Waals surface area contributed by atoms with Crippen molar-refractivity contribution in [3.05, 3.63) is 41.7 Å². The Labute approximate surface area is 145 Å². The SMILES string of the molecule is C[C@@H]1C[C@@H]1C(=O)NCCC(=O)Nc1cnn(-c2ccccc2Cl)c1. The molecule has 1 aliphatic carbocycles. The zero-order valence-corrected chi connectivity index (χ0v) is 14.1. The van der Waals surface area contributed by atoms with Gasteiger partial charge in [0.05, 0.1) is 28.8 Å². The first-order valence-corrected chi connectivity index (χ1v) is 8.29. The highest BCUT2D eigenvalue weighted by molar-refractivity contribution is 6.32. The van der Waals surface area contributed by atoms with Crippen LogP contribution in [0.15, 0.2) is 36.7 Å². The lowest BCUT2D eigenvalue weighted by atomic mass is 10.3. The van der Waals surface area contributed by atoms with E-state index >= 15 is 0 Å². The number of rotatable bonds is 6. The highest BCUT2D eigenvalue weighted by Gasteiger charge is 2.38. The van der Waals surface area contributed by atoms with Crippen molar-refractivity contribution in [2.75, 3.05) is 11.9 Å². The molecule has 2 atom stereocenters. The number of hydrogen-bond acceptors (Lipinski definition) is 3. The van der Waals surface area contributed by atoms with Gasteiger partial charge in [-0.1, -0.05) is 30.7 Å². The van der Waals surface area contributed by atoms with E-state index in [9.17, 15) is 9.59 Å². The molecule has 0 bridgehead atoms. The van der Waals surface area contributed by atoms with Crippen LogP contribution >= 0.6 is 11.6 Å². The molecule has 1 saturated carbocycles. The van der Waals surface area contributed by atoms with Gasteiger partial charge in [0.2, 0.25) is 11.8 Å². The summed E-state index contributed by atoms with van der Waals surface area (Å²) in [5, 5.41) is 10.3. The third kappa shape index (κ3) is 3.94. The second kappa shape index (κ2) is 7.05. The predicted octanol–water partition coefficient (Wildman–Crippen LogP) is 2.63. The van der Waals surface area contributed by atoms with Gasteiger partial charge in [0.15, 0.2) is 0 Å². The topological polar surface area (TPSA) is 76.0 Å². The zero-order chi connectivity index (χ0) is 17.1. The van der Waals surface area contributed by atoms with Crippen molar-refractivity contribution >= 4 is 29.1 Å². The fourth-order valence-electron chi connectivity index (χ4n) is 2.50. The van der Waals surface area contributed by atoms with Gasteiger partial charge in [-0.05, 0) is 24.5 Å². The van der Waals surface area contributed by atoms with Crippen LogP contribution in [-0.2, 0) is 9.59 Å². The molecule has 126 valence electrons. The molecule has 0 aliphatic heterocycles. The van der Waals surface area contributed by atoms with Crippen molar-refractivity contribution < 1.29 is 9.59 Å². The lowest BCUT2D eigenvalue weighted by Gasteiger charge is -2.05. The summed E-state index contributed by atoms with van der Waals surface area (Å²) in [6.45, 7) is 2.39. The summed E-state index contributed by atoms with van der Waals surface area (Å²) in [4.78, 5) is 23.6. The third-order valence-electron chi connectivity index (χ3n) is 4.06. The minimum atomic E-state index is -0.169. The van der Waals surface area contributed by atoms with Crippen LogP contribution in [-0.4, -0.2) is 28.1 Å². The summed E-state index contributed by atoms with van der Waals surface area (Å²) in [7, 11) is 0. The molecule has 3 rings (SSSR count). The van der Waals surface area contributed by atoms with Gasteiger partial charge in [-0.3, -0.25) is 9.59 Å². The number of carbonyl (C=O) groups is 2. The molecule has 0 unspecified atom stereocenters. The number of nitrogens with one attached hydrogen (secondary N) is 2. The van der Waals surface area contributed by atoms with Crippen molar-refractivity contribution in [1.29, 1.82) is 0 Å². The second-order valence-corrected chi connectivity index (χ2v) is 6.44. The third-order valence-corrected chi connectivity index (χ3v) is 4.38. The summed E-state index contributed by atoms with van der Waals surface area (Å²) in [6, 6.07) is 7.33. The lowest BCUT2D eigenvalue weighted by Crippen LogP contribution is -2.29. The van der Waals surface area contributed by atoms with Gasteiger partial charge in [-0.2, -0.15) is 5.10 Å². The number of benzene rings is 1. The molecule has 1 heterocycles. The normalized spacial score (nSPS) is 18.9. The Hall–Kier alpha value is -2.34. The Kier molecular flexibility index (Phi) is 4.85. The molecule has 7 heteroatoms. The fourth-order valence-corrected chi connectivity index (χ4v) is 2.72. The van der Waals surface area contributed by atoms with E-state index in [1.165, 1.54) is 0 Å². The number of anilines is 1. The molecule has 1 fully saturated rings. The minimum absolute atomic E-state index is 0.0434. The summed E-state index contributed by atoms with van der Waals surface area (Å²) >= 11 is 6.12. The molecule has 1 aromatic carbocycles. The Morgan fingerprint density at radius 1 is 1.38 bits per heavy atom. The summed E-state index contributed by atoms with van der Waals surface area (Å²) < 4.78 is 1.61. The van der Waals surface area contributed by atoms with Gasteiger partial charge in [-0.25, -0.2) is 4.68 Å². The van der Waals surface area contributed by atoms with E-state index in [4.69, 9.17) is 11.6 Å². The molecule has 0 radical (unpaired) electrons. The van der Waals surface area contributed by atoms with Gasteiger partial charge < -0.3 is 10.6 Å². The first kappa shape index (κ1) is 16.5. The van der Waals surface area contributed by atoms with Gasteiger partial charge in [0.1, 0.15) is 0 Å². The monoisotopic (exact) mass is 346 g/mol. The van der Waals surface area contributed by atoms with Crippen molar-refractivity contribution in [3.63, 3.8) is 0 Å². The highest BCUT2D eigenvalue weighted by Crippen LogP contribution is 2.37. The van der Waals surface area contributed by atoms with Crippen LogP contribution in [0.1, 0.15) is 19.8 Å². The van der Waals surface area contributed by atoms with E-state index in [0.717, 1.165) is 12.1 Å². The van der Waals surface area contributed by atoms with E-state index in [1.807, 2.05) is 25.1 Å². The van der Waals surface area contributed by atoms with Crippen molar-refractivity contribution in [3.8, 4) is 5.69 Å². The smallest absolute Gasteiger partial charge is 0.226 e. The molecule has 0 spiro atoms. The summed E-state index contributed by atoms with van der Waals surface area (Å²) in [5.41, 5.74) is 1.33. The molecule has 24 heavy (non-hydrogen) atoms. The summed E-state index contributed by atoms with van der Waals surface area (Å²) in [6.07, 6.45) is 4.43. The standard InChI is InChI=1S/C17H19ClN4O2/c1-11-8-13(11)17(24)19-7-6-16(23)21-12-9-20-22(10-12)15-5-3-2-4-14(15)18/h2-5,9-11,13H,6-8H2,1H3,(H,19,24)(H,21,23)/t11-,13+/m1/s1. The molecule has 2 N–H and O–H groups in total. The molecule has 2 aromatic rings. The average Bonchev–Trinajstić information content (AvgIpc) is 3.11. The van der Waals surface area contributed by atoms with Gasteiger partial charge in [0, 0.05) is 18.9 Å². The Bertz CT molecular complexity index is 759. The lowest BCUT2D eigenvalue weighted by molar-refractivity contribution is -0.122. The number of nitrogens with zero attached hydrogens (tertiary/aromatic N) is 2. The largest absolute Gasteiger partial charge is 0.355 e. The number of halogens is 1. The summed E-state index contributed by atoms with van der Waals surface area (Å²) in [5.74, 6) is 0.469. The van der Waals surface area contributed by atoms with Crippen LogP contribution in [0.3, 0.4) is 0 Å². The number of carbonyl (C=O) groups excluding carboxylic acids is 2. The van der Waals surface area contributed by atoms with Crippen molar-refractivity contribution in [1.82, 2.24) is 15.1 Å².